The van der Waals surface area contributed by atoms with Crippen LogP contribution in [-0.4, -0.2) is 22.5 Å². The van der Waals surface area contributed by atoms with Gasteiger partial charge in [-0.05, 0) is 23.8 Å². The molecule has 24 heavy (non-hydrogen) atoms. The molecule has 0 radical (unpaired) electrons. The maximum Gasteiger partial charge on any atom is 0.331 e. The minimum atomic E-state index is -0.508. The topological polar surface area (TPSA) is 69.9 Å². The Bertz CT molecular complexity index is 958. The molecule has 0 N–H and O–H groups in total. The number of aromatic nitrogens is 2. The molecular formula is C17H14N2O4S. The van der Waals surface area contributed by atoms with E-state index < -0.39 is 5.97 Å². The van der Waals surface area contributed by atoms with Gasteiger partial charge in [-0.3, -0.25) is 9.20 Å². The molecule has 1 aromatic carbocycles. The lowest BCUT2D eigenvalue weighted by Crippen LogP contribution is -2.14. The zero-order chi connectivity index (χ0) is 16.9. The summed E-state index contributed by atoms with van der Waals surface area (Å²) in [6, 6.07) is 8.66. The molecule has 0 aliphatic heterocycles. The van der Waals surface area contributed by atoms with Crippen molar-refractivity contribution in [3.63, 3.8) is 0 Å². The summed E-state index contributed by atoms with van der Waals surface area (Å²) in [5.74, 6) is 0.199. The second-order valence-electron chi connectivity index (χ2n) is 4.86. The van der Waals surface area contributed by atoms with Crippen LogP contribution in [0, 0.1) is 0 Å². The van der Waals surface area contributed by atoms with E-state index in [1.165, 1.54) is 27.9 Å². The number of carbonyl (C=O) groups is 1. The van der Waals surface area contributed by atoms with Crippen LogP contribution < -0.4 is 10.3 Å². The maximum atomic E-state index is 11.8. The van der Waals surface area contributed by atoms with Gasteiger partial charge in [0, 0.05) is 23.7 Å². The van der Waals surface area contributed by atoms with E-state index in [0.717, 1.165) is 5.56 Å². The first-order valence-electron chi connectivity index (χ1n) is 7.10. The smallest absolute Gasteiger partial charge is 0.331 e. The van der Waals surface area contributed by atoms with Gasteiger partial charge in [-0.25, -0.2) is 9.78 Å². The second-order valence-corrected chi connectivity index (χ2v) is 5.73. The number of hydrogen-bond acceptors (Lipinski definition) is 6. The number of rotatable bonds is 5. The molecule has 0 amide bonds. The van der Waals surface area contributed by atoms with E-state index in [-0.39, 0.29) is 12.2 Å². The highest BCUT2D eigenvalue weighted by Gasteiger charge is 2.05. The van der Waals surface area contributed by atoms with Crippen LogP contribution in [0.3, 0.4) is 0 Å². The lowest BCUT2D eigenvalue weighted by Gasteiger charge is -2.02. The van der Waals surface area contributed by atoms with Crippen LogP contribution in [0.4, 0.5) is 0 Å². The summed E-state index contributed by atoms with van der Waals surface area (Å²) in [5.41, 5.74) is 1.05. The lowest BCUT2D eigenvalue weighted by atomic mass is 10.2. The molecule has 0 atom stereocenters. The number of esters is 1. The van der Waals surface area contributed by atoms with Gasteiger partial charge in [0.1, 0.15) is 12.4 Å². The number of benzene rings is 1. The fourth-order valence-corrected chi connectivity index (χ4v) is 2.80. The fraction of sp³-hybridized carbons (Fsp3) is 0.118. The molecule has 3 aromatic rings. The molecule has 7 heteroatoms. The summed E-state index contributed by atoms with van der Waals surface area (Å²) in [6.45, 7) is -0.0507. The third-order valence-corrected chi connectivity index (χ3v) is 3.98. The van der Waals surface area contributed by atoms with E-state index in [9.17, 15) is 9.59 Å². The maximum absolute atomic E-state index is 11.8. The molecule has 0 aliphatic rings. The summed E-state index contributed by atoms with van der Waals surface area (Å²) in [7, 11) is 1.58. The van der Waals surface area contributed by atoms with Crippen LogP contribution in [-0.2, 0) is 16.1 Å². The van der Waals surface area contributed by atoms with Crippen molar-refractivity contribution in [1.82, 2.24) is 9.38 Å². The summed E-state index contributed by atoms with van der Waals surface area (Å²) in [6.07, 6.45) is 4.61. The van der Waals surface area contributed by atoms with Crippen molar-refractivity contribution in [2.24, 2.45) is 0 Å². The van der Waals surface area contributed by atoms with Crippen LogP contribution in [0.15, 0.2) is 52.8 Å². The zero-order valence-corrected chi connectivity index (χ0v) is 13.7. The normalized spacial score (nSPS) is 11.0. The van der Waals surface area contributed by atoms with Crippen LogP contribution in [0.25, 0.3) is 11.0 Å². The molecule has 3 rings (SSSR count). The molecule has 2 aromatic heterocycles. The lowest BCUT2D eigenvalue weighted by molar-refractivity contribution is -0.139. The van der Waals surface area contributed by atoms with Crippen molar-refractivity contribution < 1.29 is 14.3 Å². The molecule has 0 fully saturated rings. The summed E-state index contributed by atoms with van der Waals surface area (Å²) in [4.78, 5) is 28.5. The van der Waals surface area contributed by atoms with Gasteiger partial charge >= 0.3 is 5.97 Å². The quantitative estimate of drug-likeness (QED) is 0.526. The largest absolute Gasteiger partial charge is 0.497 e. The van der Waals surface area contributed by atoms with Gasteiger partial charge in [0.25, 0.3) is 5.56 Å². The number of ether oxygens (including phenoxy) is 2. The van der Waals surface area contributed by atoms with E-state index in [4.69, 9.17) is 9.47 Å². The van der Waals surface area contributed by atoms with E-state index in [0.29, 0.717) is 16.4 Å². The number of carbonyl (C=O) groups excluding carboxylic acids is 1. The SMILES string of the molecule is COc1cccc(/C=C/C(=O)OCc2cc(=O)n3ccsc3n2)c1. The molecule has 0 saturated heterocycles. The number of nitrogens with zero attached hydrogens (tertiary/aromatic N) is 2. The van der Waals surface area contributed by atoms with Crippen LogP contribution in [0.1, 0.15) is 11.3 Å². The second kappa shape index (κ2) is 7.10. The average molecular weight is 342 g/mol. The number of methoxy groups -OCH3 is 1. The number of fused-ring (bicyclic) bond motifs is 1. The Kier molecular flexibility index (Phi) is 4.72. The van der Waals surface area contributed by atoms with Gasteiger partial charge in [0.2, 0.25) is 0 Å². The van der Waals surface area contributed by atoms with Crippen molar-refractivity contribution in [3.05, 3.63) is 69.6 Å². The first kappa shape index (κ1) is 15.9. The van der Waals surface area contributed by atoms with Crippen molar-refractivity contribution in [2.45, 2.75) is 6.61 Å². The molecule has 0 saturated carbocycles. The van der Waals surface area contributed by atoms with Gasteiger partial charge in [-0.2, -0.15) is 0 Å². The van der Waals surface area contributed by atoms with Gasteiger partial charge < -0.3 is 9.47 Å². The predicted octanol–water partition coefficient (Wildman–Crippen LogP) is 2.52. The highest BCUT2D eigenvalue weighted by molar-refractivity contribution is 7.15. The number of thiazole rings is 1. The monoisotopic (exact) mass is 342 g/mol. The summed E-state index contributed by atoms with van der Waals surface area (Å²) in [5, 5.41) is 1.77. The molecule has 6 nitrogen and oxygen atoms in total. The van der Waals surface area contributed by atoms with E-state index in [1.807, 2.05) is 18.2 Å². The van der Waals surface area contributed by atoms with Gasteiger partial charge in [0.15, 0.2) is 4.96 Å². The van der Waals surface area contributed by atoms with Crippen LogP contribution in [0.2, 0.25) is 0 Å². The van der Waals surface area contributed by atoms with Crippen molar-refractivity contribution in [3.8, 4) is 5.75 Å². The highest BCUT2D eigenvalue weighted by atomic mass is 32.1. The van der Waals surface area contributed by atoms with Gasteiger partial charge in [-0.1, -0.05) is 12.1 Å². The number of hydrogen-bond donors (Lipinski definition) is 0. The van der Waals surface area contributed by atoms with E-state index >= 15 is 0 Å². The average Bonchev–Trinajstić information content (AvgIpc) is 3.07. The van der Waals surface area contributed by atoms with Crippen molar-refractivity contribution in [2.75, 3.05) is 7.11 Å². The Labute approximate surface area is 141 Å². The standard InChI is InChI=1S/C17H14N2O4S/c1-22-14-4-2-3-12(9-14)5-6-16(21)23-11-13-10-15(20)19-7-8-24-17(19)18-13/h2-10H,11H2,1H3/b6-5+. The van der Waals surface area contributed by atoms with E-state index in [1.54, 1.807) is 30.8 Å². The van der Waals surface area contributed by atoms with Crippen molar-refractivity contribution in [1.29, 1.82) is 0 Å². The third-order valence-electron chi connectivity index (χ3n) is 3.22. The fourth-order valence-electron chi connectivity index (χ4n) is 2.06. The zero-order valence-electron chi connectivity index (χ0n) is 12.8. The Morgan fingerprint density at radius 2 is 2.25 bits per heavy atom. The van der Waals surface area contributed by atoms with Gasteiger partial charge in [-0.15, -0.1) is 11.3 Å². The molecule has 0 bridgehead atoms. The predicted molar refractivity (Wildman–Crippen MR) is 91.2 cm³/mol. The molecule has 0 spiro atoms. The molecule has 0 unspecified atom stereocenters. The van der Waals surface area contributed by atoms with Crippen LogP contribution in [0.5, 0.6) is 5.75 Å². The minimum Gasteiger partial charge on any atom is -0.497 e. The Hall–Kier alpha value is -2.93. The summed E-state index contributed by atoms with van der Waals surface area (Å²) < 4.78 is 11.7. The molecule has 122 valence electrons. The minimum absolute atomic E-state index is 0.0507. The van der Waals surface area contributed by atoms with Gasteiger partial charge in [0.05, 0.1) is 12.8 Å². The first-order chi connectivity index (χ1) is 11.7. The molecular weight excluding hydrogens is 328 g/mol. The molecule has 2 heterocycles. The summed E-state index contributed by atoms with van der Waals surface area (Å²) >= 11 is 1.35. The molecule has 0 aliphatic carbocycles. The Morgan fingerprint density at radius 3 is 3.08 bits per heavy atom. The first-order valence-corrected chi connectivity index (χ1v) is 7.98. The Balaban J connectivity index is 1.64. The van der Waals surface area contributed by atoms with Crippen molar-refractivity contribution >= 4 is 28.3 Å². The van der Waals surface area contributed by atoms with E-state index in [2.05, 4.69) is 4.98 Å². The highest BCUT2D eigenvalue weighted by Crippen LogP contribution is 2.13. The Morgan fingerprint density at radius 1 is 1.38 bits per heavy atom. The van der Waals surface area contributed by atoms with Crippen LogP contribution >= 0.6 is 11.3 Å². The third kappa shape index (κ3) is 3.69.